The third-order valence-corrected chi connectivity index (χ3v) is 4.39. The number of rotatable bonds is 4. The molecule has 0 amide bonds. The molecule has 3 nitrogen and oxygen atoms in total. The van der Waals surface area contributed by atoms with Gasteiger partial charge in [-0.1, -0.05) is 29.2 Å². The van der Waals surface area contributed by atoms with Crippen molar-refractivity contribution in [3.63, 3.8) is 0 Å². The van der Waals surface area contributed by atoms with Gasteiger partial charge in [0.25, 0.3) is 0 Å². The monoisotopic (exact) mass is 319 g/mol. The van der Waals surface area contributed by atoms with Crippen LogP contribution in [0.25, 0.3) is 0 Å². The van der Waals surface area contributed by atoms with E-state index in [1.165, 1.54) is 29.2 Å². The van der Waals surface area contributed by atoms with E-state index in [-0.39, 0.29) is 18.5 Å². The largest absolute Gasteiger partial charge is 0.416 e. The van der Waals surface area contributed by atoms with Crippen LogP contribution < -0.4 is 5.73 Å². The first kappa shape index (κ1) is 15.3. The fourth-order valence-electron chi connectivity index (χ4n) is 1.68. The van der Waals surface area contributed by atoms with Crippen LogP contribution in [0, 0.1) is 6.92 Å². The predicted molar refractivity (Wildman–Crippen MR) is 73.0 cm³/mol. The van der Waals surface area contributed by atoms with Crippen molar-refractivity contribution < 1.29 is 13.2 Å². The van der Waals surface area contributed by atoms with Crippen LogP contribution in [0.3, 0.4) is 0 Å². The van der Waals surface area contributed by atoms with Crippen molar-refractivity contribution in [2.75, 3.05) is 6.54 Å². The molecular formula is C12H12F3N3S2. The molecule has 2 aromatic rings. The van der Waals surface area contributed by atoms with E-state index in [2.05, 4.69) is 10.2 Å². The van der Waals surface area contributed by atoms with Crippen LogP contribution in [0.4, 0.5) is 13.2 Å². The van der Waals surface area contributed by atoms with Gasteiger partial charge in [0.15, 0.2) is 4.34 Å². The third-order valence-electron chi connectivity index (χ3n) is 2.51. The van der Waals surface area contributed by atoms with Crippen LogP contribution in [0.1, 0.15) is 16.1 Å². The fraction of sp³-hybridized carbons (Fsp3) is 0.333. The zero-order valence-electron chi connectivity index (χ0n) is 10.6. The first-order valence-corrected chi connectivity index (χ1v) is 7.41. The van der Waals surface area contributed by atoms with E-state index in [4.69, 9.17) is 5.73 Å². The van der Waals surface area contributed by atoms with Gasteiger partial charge in [-0.3, -0.25) is 0 Å². The molecule has 0 aliphatic heterocycles. The van der Waals surface area contributed by atoms with E-state index in [0.717, 1.165) is 11.1 Å². The zero-order chi connectivity index (χ0) is 14.8. The van der Waals surface area contributed by atoms with Gasteiger partial charge in [-0.25, -0.2) is 0 Å². The van der Waals surface area contributed by atoms with E-state index in [1.54, 1.807) is 13.0 Å². The highest BCUT2D eigenvalue weighted by molar-refractivity contribution is 8.01. The minimum Gasteiger partial charge on any atom is -0.330 e. The SMILES string of the molecule is Cc1nnc(Sc2ccc(CCN)c(C(F)(F)F)c2)s1. The van der Waals surface area contributed by atoms with Gasteiger partial charge >= 0.3 is 6.18 Å². The molecule has 20 heavy (non-hydrogen) atoms. The summed E-state index contributed by atoms with van der Waals surface area (Å²) in [6.07, 6.45) is -4.17. The summed E-state index contributed by atoms with van der Waals surface area (Å²) in [7, 11) is 0. The summed E-state index contributed by atoms with van der Waals surface area (Å²) >= 11 is 2.53. The molecule has 0 saturated carbocycles. The van der Waals surface area contributed by atoms with Gasteiger partial charge in [0.05, 0.1) is 5.56 Å². The van der Waals surface area contributed by atoms with Gasteiger partial charge < -0.3 is 5.73 Å². The molecule has 8 heteroatoms. The van der Waals surface area contributed by atoms with Crippen molar-refractivity contribution in [1.82, 2.24) is 10.2 Å². The van der Waals surface area contributed by atoms with Crippen molar-refractivity contribution in [2.24, 2.45) is 5.73 Å². The Morgan fingerprint density at radius 2 is 2.05 bits per heavy atom. The Labute approximate surface area is 122 Å². The number of alkyl halides is 3. The lowest BCUT2D eigenvalue weighted by Crippen LogP contribution is -2.12. The summed E-state index contributed by atoms with van der Waals surface area (Å²) in [5.41, 5.74) is 4.94. The number of halogens is 3. The van der Waals surface area contributed by atoms with Gasteiger partial charge in [-0.05, 0) is 37.6 Å². The van der Waals surface area contributed by atoms with Crippen LogP contribution in [0.15, 0.2) is 27.4 Å². The van der Waals surface area contributed by atoms with Crippen LogP contribution in [0.5, 0.6) is 0 Å². The molecule has 0 aliphatic rings. The second kappa shape index (κ2) is 6.11. The van der Waals surface area contributed by atoms with Gasteiger partial charge in [-0.15, -0.1) is 10.2 Å². The normalized spacial score (nSPS) is 11.8. The molecular weight excluding hydrogens is 307 g/mol. The fourth-order valence-corrected chi connectivity index (χ4v) is 3.51. The number of aromatic nitrogens is 2. The van der Waals surface area contributed by atoms with Crippen molar-refractivity contribution in [2.45, 2.75) is 28.8 Å². The highest BCUT2D eigenvalue weighted by Crippen LogP contribution is 2.37. The van der Waals surface area contributed by atoms with E-state index in [1.807, 2.05) is 0 Å². The summed E-state index contributed by atoms with van der Waals surface area (Å²) in [6.45, 7) is 1.98. The summed E-state index contributed by atoms with van der Waals surface area (Å²) in [5.74, 6) is 0. The van der Waals surface area contributed by atoms with Gasteiger partial charge in [0.2, 0.25) is 0 Å². The predicted octanol–water partition coefficient (Wildman–Crippen LogP) is 3.52. The van der Waals surface area contributed by atoms with Crippen LogP contribution >= 0.6 is 23.1 Å². The molecule has 0 spiro atoms. The molecule has 1 aromatic carbocycles. The molecule has 1 heterocycles. The molecule has 108 valence electrons. The quantitative estimate of drug-likeness (QED) is 0.937. The number of hydrogen-bond donors (Lipinski definition) is 1. The average Bonchev–Trinajstić information content (AvgIpc) is 2.76. The molecule has 0 saturated heterocycles. The molecule has 0 aliphatic carbocycles. The van der Waals surface area contributed by atoms with E-state index in [0.29, 0.717) is 9.24 Å². The Morgan fingerprint density at radius 3 is 2.60 bits per heavy atom. The lowest BCUT2D eigenvalue weighted by Gasteiger charge is -2.13. The molecule has 0 atom stereocenters. The topological polar surface area (TPSA) is 51.8 Å². The van der Waals surface area contributed by atoms with E-state index in [9.17, 15) is 13.2 Å². The molecule has 0 bridgehead atoms. The maximum absolute atomic E-state index is 13.0. The van der Waals surface area contributed by atoms with Crippen molar-refractivity contribution >= 4 is 23.1 Å². The van der Waals surface area contributed by atoms with E-state index >= 15 is 0 Å². The maximum Gasteiger partial charge on any atom is 0.416 e. The molecule has 0 unspecified atom stereocenters. The summed E-state index contributed by atoms with van der Waals surface area (Å²) < 4.78 is 39.7. The van der Waals surface area contributed by atoms with Gasteiger partial charge in [-0.2, -0.15) is 13.2 Å². The molecule has 0 fully saturated rings. The summed E-state index contributed by atoms with van der Waals surface area (Å²) in [5, 5.41) is 8.51. The highest BCUT2D eigenvalue weighted by Gasteiger charge is 2.33. The number of aryl methyl sites for hydroxylation is 1. The smallest absolute Gasteiger partial charge is 0.330 e. The van der Waals surface area contributed by atoms with Crippen molar-refractivity contribution in [3.05, 3.63) is 34.3 Å². The number of hydrogen-bond acceptors (Lipinski definition) is 5. The van der Waals surface area contributed by atoms with Crippen LogP contribution in [0.2, 0.25) is 0 Å². The Bertz CT molecular complexity index is 596. The minimum atomic E-state index is -4.38. The van der Waals surface area contributed by atoms with Crippen molar-refractivity contribution in [1.29, 1.82) is 0 Å². The van der Waals surface area contributed by atoms with E-state index < -0.39 is 11.7 Å². The Kier molecular flexibility index (Phi) is 4.66. The average molecular weight is 319 g/mol. The van der Waals surface area contributed by atoms with Crippen molar-refractivity contribution in [3.8, 4) is 0 Å². The first-order chi connectivity index (χ1) is 9.40. The summed E-state index contributed by atoms with van der Waals surface area (Å²) in [4.78, 5) is 0.495. The highest BCUT2D eigenvalue weighted by atomic mass is 32.2. The molecule has 2 rings (SSSR count). The Hall–Kier alpha value is -1.12. The van der Waals surface area contributed by atoms with Crippen LogP contribution in [-0.2, 0) is 12.6 Å². The summed E-state index contributed by atoms with van der Waals surface area (Å²) in [6, 6.07) is 4.28. The molecule has 2 N–H and O–H groups in total. The number of benzene rings is 1. The Balaban J connectivity index is 2.31. The molecule has 1 aromatic heterocycles. The third kappa shape index (κ3) is 3.71. The second-order valence-corrected chi connectivity index (χ2v) is 6.55. The molecule has 0 radical (unpaired) electrons. The Morgan fingerprint density at radius 1 is 1.30 bits per heavy atom. The minimum absolute atomic E-state index is 0.186. The standard InChI is InChI=1S/C12H12F3N3S2/c1-7-17-18-11(19-7)20-9-3-2-8(4-5-16)10(6-9)12(13,14)15/h2-3,6H,4-5,16H2,1H3. The van der Waals surface area contributed by atoms with Gasteiger partial charge in [0.1, 0.15) is 5.01 Å². The maximum atomic E-state index is 13.0. The number of nitrogens with two attached hydrogens (primary N) is 1. The first-order valence-electron chi connectivity index (χ1n) is 5.78. The number of nitrogens with zero attached hydrogens (tertiary/aromatic N) is 2. The zero-order valence-corrected chi connectivity index (χ0v) is 12.2. The van der Waals surface area contributed by atoms with Gasteiger partial charge in [0, 0.05) is 4.90 Å². The second-order valence-electron chi connectivity index (χ2n) is 4.04. The van der Waals surface area contributed by atoms with Crippen LogP contribution in [-0.4, -0.2) is 16.7 Å². The lowest BCUT2D eigenvalue weighted by atomic mass is 10.0. The lowest BCUT2D eigenvalue weighted by molar-refractivity contribution is -0.138.